The molecule has 1 fully saturated rings. The van der Waals surface area contributed by atoms with Crippen LogP contribution in [0.25, 0.3) is 0 Å². The highest BCUT2D eigenvalue weighted by atomic mass is 32.2. The Bertz CT molecular complexity index is 1340. The summed E-state index contributed by atoms with van der Waals surface area (Å²) in [4.78, 5) is 24.1. The van der Waals surface area contributed by atoms with Gasteiger partial charge in [-0.1, -0.05) is 12.2 Å². The maximum Gasteiger partial charge on any atom is 0.307 e. The Labute approximate surface area is 190 Å². The Morgan fingerprint density at radius 2 is 1.33 bits per heavy atom. The van der Waals surface area contributed by atoms with Crippen LogP contribution in [0.15, 0.2) is 70.5 Å². The number of carbonyl (C=O) groups is 2. The van der Waals surface area contributed by atoms with E-state index in [0.29, 0.717) is 12.1 Å². The number of carboxylic acids is 1. The van der Waals surface area contributed by atoms with E-state index in [0.717, 1.165) is 0 Å². The number of rotatable bonds is 7. The third-order valence-electron chi connectivity index (χ3n) is 5.91. The van der Waals surface area contributed by atoms with Crippen LogP contribution in [-0.2, 0) is 29.6 Å². The van der Waals surface area contributed by atoms with Gasteiger partial charge in [-0.15, -0.1) is 0 Å². The molecule has 1 amide bonds. The van der Waals surface area contributed by atoms with Crippen LogP contribution < -0.4 is 15.2 Å². The highest BCUT2D eigenvalue weighted by molar-refractivity contribution is 7.92. The number of amides is 1. The summed E-state index contributed by atoms with van der Waals surface area (Å²) in [6.07, 6.45) is 4.36. The van der Waals surface area contributed by atoms with Crippen molar-refractivity contribution in [3.05, 3.63) is 60.7 Å². The molecule has 174 valence electrons. The summed E-state index contributed by atoms with van der Waals surface area (Å²) in [6, 6.07) is 10.3. The predicted molar refractivity (Wildman–Crippen MR) is 119 cm³/mol. The van der Waals surface area contributed by atoms with E-state index in [2.05, 4.69) is 10.0 Å². The fourth-order valence-corrected chi connectivity index (χ4v) is 5.96. The molecule has 4 rings (SSSR count). The van der Waals surface area contributed by atoms with Crippen LogP contribution in [0.3, 0.4) is 0 Å². The minimum absolute atomic E-state index is 0.0812. The smallest absolute Gasteiger partial charge is 0.307 e. The monoisotopic (exact) mass is 491 g/mol. The number of hydrogen-bond acceptors (Lipinski definition) is 6. The van der Waals surface area contributed by atoms with E-state index in [9.17, 15) is 31.5 Å². The normalized spacial score (nSPS) is 23.9. The number of carboxylic acid groups (broad SMARTS) is 1. The molecule has 0 saturated heterocycles. The average molecular weight is 492 g/mol. The molecule has 0 aliphatic heterocycles. The standard InChI is InChI=1S/C21H21N3O7S2/c22-32(28,29)16-7-5-15(6-8-16)24-33(30,31)17-9-3-14(4-10-17)23-20(25)18-12-1-2-13(11-12)19(18)21(26)27/h1-10,12-13,18-19,24H,11H2,(H,23,25)(H,26,27)(H2,22,28,29)/t12-,13+,18-,19+/m1/s1. The van der Waals surface area contributed by atoms with E-state index in [1.54, 1.807) is 0 Å². The number of sulfonamides is 2. The van der Waals surface area contributed by atoms with E-state index >= 15 is 0 Å². The summed E-state index contributed by atoms with van der Waals surface area (Å²) in [7, 11) is -7.88. The van der Waals surface area contributed by atoms with Crippen LogP contribution in [0.2, 0.25) is 0 Å². The minimum atomic E-state index is -3.98. The third-order valence-corrected chi connectivity index (χ3v) is 8.24. The van der Waals surface area contributed by atoms with Gasteiger partial charge in [0.1, 0.15) is 0 Å². The Morgan fingerprint density at radius 1 is 0.818 bits per heavy atom. The summed E-state index contributed by atoms with van der Waals surface area (Å²) in [5.74, 6) is -3.15. The number of hydrogen-bond donors (Lipinski definition) is 4. The van der Waals surface area contributed by atoms with Crippen molar-refractivity contribution >= 4 is 43.3 Å². The molecule has 2 aliphatic carbocycles. The zero-order valence-electron chi connectivity index (χ0n) is 17.1. The number of benzene rings is 2. The van der Waals surface area contributed by atoms with Gasteiger partial charge in [0.25, 0.3) is 10.0 Å². The van der Waals surface area contributed by atoms with Gasteiger partial charge in [0.15, 0.2) is 0 Å². The minimum Gasteiger partial charge on any atom is -0.481 e. The average Bonchev–Trinajstić information content (AvgIpc) is 3.35. The Balaban J connectivity index is 1.45. The molecule has 2 aromatic carbocycles. The van der Waals surface area contributed by atoms with Crippen molar-refractivity contribution in [3.8, 4) is 0 Å². The lowest BCUT2D eigenvalue weighted by molar-refractivity contribution is -0.146. The van der Waals surface area contributed by atoms with Crippen molar-refractivity contribution in [1.82, 2.24) is 0 Å². The highest BCUT2D eigenvalue weighted by Crippen LogP contribution is 2.48. The SMILES string of the molecule is NS(=O)(=O)c1ccc(NS(=O)(=O)c2ccc(NC(=O)[C@H]3[C@@H](C(=O)O)[C@H]4C=C[C@@H]3C4)cc2)cc1. The highest BCUT2D eigenvalue weighted by Gasteiger charge is 2.51. The molecule has 2 aliphatic rings. The number of allylic oxidation sites excluding steroid dienone is 2. The number of anilines is 2. The second kappa shape index (κ2) is 8.28. The van der Waals surface area contributed by atoms with E-state index in [1.807, 2.05) is 12.2 Å². The van der Waals surface area contributed by atoms with Gasteiger partial charge < -0.3 is 10.4 Å². The van der Waals surface area contributed by atoms with Crippen LogP contribution >= 0.6 is 0 Å². The second-order valence-corrected chi connectivity index (χ2v) is 11.3. The van der Waals surface area contributed by atoms with Crippen LogP contribution in [0.1, 0.15) is 6.42 Å². The fraction of sp³-hybridized carbons (Fsp3) is 0.238. The molecule has 1 saturated carbocycles. The van der Waals surface area contributed by atoms with E-state index in [-0.39, 0.29) is 27.3 Å². The van der Waals surface area contributed by atoms with Crippen molar-refractivity contribution in [2.75, 3.05) is 10.0 Å². The first kappa shape index (κ1) is 23.0. The molecule has 0 unspecified atom stereocenters. The van der Waals surface area contributed by atoms with Crippen LogP contribution in [0, 0.1) is 23.7 Å². The molecule has 0 spiro atoms. The number of aliphatic carboxylic acids is 1. The summed E-state index contributed by atoms with van der Waals surface area (Å²) in [5, 5.41) is 17.2. The molecule has 5 N–H and O–H groups in total. The Morgan fingerprint density at radius 3 is 1.88 bits per heavy atom. The van der Waals surface area contributed by atoms with Gasteiger partial charge in [-0.2, -0.15) is 0 Å². The van der Waals surface area contributed by atoms with Gasteiger partial charge in [0.2, 0.25) is 15.9 Å². The van der Waals surface area contributed by atoms with E-state index in [4.69, 9.17) is 5.14 Å². The van der Waals surface area contributed by atoms with Gasteiger partial charge in [-0.05, 0) is 66.8 Å². The first-order valence-corrected chi connectivity index (χ1v) is 13.0. The van der Waals surface area contributed by atoms with Crippen molar-refractivity contribution in [3.63, 3.8) is 0 Å². The molecule has 0 radical (unpaired) electrons. The van der Waals surface area contributed by atoms with Gasteiger partial charge in [-0.3, -0.25) is 14.3 Å². The molecule has 12 heteroatoms. The predicted octanol–water partition coefficient (Wildman–Crippen LogP) is 1.60. The zero-order valence-corrected chi connectivity index (χ0v) is 18.7. The number of nitrogens with two attached hydrogens (primary N) is 1. The van der Waals surface area contributed by atoms with Gasteiger partial charge in [0, 0.05) is 11.4 Å². The lowest BCUT2D eigenvalue weighted by Gasteiger charge is -2.23. The fourth-order valence-electron chi connectivity index (χ4n) is 4.39. The molecule has 33 heavy (non-hydrogen) atoms. The summed E-state index contributed by atoms with van der Waals surface area (Å²) in [5.41, 5.74) is 0.483. The number of nitrogens with one attached hydrogen (secondary N) is 2. The molecule has 2 aromatic rings. The van der Waals surface area contributed by atoms with E-state index in [1.165, 1.54) is 48.5 Å². The quantitative estimate of drug-likeness (QED) is 0.426. The molecule has 0 heterocycles. The topological polar surface area (TPSA) is 173 Å². The molecule has 10 nitrogen and oxygen atoms in total. The van der Waals surface area contributed by atoms with Crippen molar-refractivity contribution in [2.45, 2.75) is 16.2 Å². The van der Waals surface area contributed by atoms with Crippen LogP contribution in [0.4, 0.5) is 11.4 Å². The Hall–Kier alpha value is -3.22. The van der Waals surface area contributed by atoms with Gasteiger partial charge >= 0.3 is 5.97 Å². The maximum absolute atomic E-state index is 12.7. The molecule has 0 aromatic heterocycles. The second-order valence-electron chi connectivity index (χ2n) is 8.03. The molecule has 2 bridgehead atoms. The Kier molecular flexibility index (Phi) is 5.76. The first-order valence-electron chi connectivity index (χ1n) is 9.93. The van der Waals surface area contributed by atoms with Gasteiger partial charge in [-0.25, -0.2) is 22.0 Å². The van der Waals surface area contributed by atoms with Crippen molar-refractivity contribution in [2.24, 2.45) is 28.8 Å². The van der Waals surface area contributed by atoms with Crippen LogP contribution in [-0.4, -0.2) is 33.8 Å². The first-order chi connectivity index (χ1) is 15.5. The number of carbonyl (C=O) groups excluding carboxylic acids is 1. The lowest BCUT2D eigenvalue weighted by atomic mass is 9.82. The largest absolute Gasteiger partial charge is 0.481 e. The summed E-state index contributed by atoms with van der Waals surface area (Å²) < 4.78 is 50.2. The molecular formula is C21H21N3O7S2. The zero-order chi connectivity index (χ0) is 24.0. The van der Waals surface area contributed by atoms with E-state index < -0.39 is 43.8 Å². The third kappa shape index (κ3) is 4.63. The maximum atomic E-state index is 12.7. The summed E-state index contributed by atoms with van der Waals surface area (Å²) in [6.45, 7) is 0. The van der Waals surface area contributed by atoms with Crippen LogP contribution in [0.5, 0.6) is 0 Å². The molecular weight excluding hydrogens is 470 g/mol. The van der Waals surface area contributed by atoms with Crippen molar-refractivity contribution < 1.29 is 31.5 Å². The summed E-state index contributed by atoms with van der Waals surface area (Å²) >= 11 is 0. The van der Waals surface area contributed by atoms with Gasteiger partial charge in [0.05, 0.1) is 21.6 Å². The molecule has 4 atom stereocenters. The number of primary sulfonamides is 1. The van der Waals surface area contributed by atoms with Crippen molar-refractivity contribution in [1.29, 1.82) is 0 Å². The number of fused-ring (bicyclic) bond motifs is 2. The lowest BCUT2D eigenvalue weighted by Crippen LogP contribution is -2.36.